The number of nitrogens with one attached hydrogen (secondary N) is 2. The van der Waals surface area contributed by atoms with E-state index in [0.29, 0.717) is 0 Å². The van der Waals surface area contributed by atoms with Crippen molar-refractivity contribution in [2.24, 2.45) is 11.8 Å². The van der Waals surface area contributed by atoms with Crippen molar-refractivity contribution < 1.29 is 9.59 Å². The van der Waals surface area contributed by atoms with Gasteiger partial charge in [-0.3, -0.25) is 20.4 Å². The topological polar surface area (TPSA) is 58.2 Å². The van der Waals surface area contributed by atoms with Crippen molar-refractivity contribution >= 4 is 11.8 Å². The number of hydrogen-bond acceptors (Lipinski definition) is 2. The smallest absolute Gasteiger partial charge is 0.243 e. The second-order valence-electron chi connectivity index (χ2n) is 6.84. The van der Waals surface area contributed by atoms with Gasteiger partial charge in [0.2, 0.25) is 11.8 Å². The number of amides is 2. The molecule has 2 atom stereocenters. The van der Waals surface area contributed by atoms with Crippen molar-refractivity contribution in [3.8, 4) is 0 Å². The summed E-state index contributed by atoms with van der Waals surface area (Å²) < 4.78 is 0. The van der Waals surface area contributed by atoms with E-state index >= 15 is 0 Å². The zero-order chi connectivity index (χ0) is 15.8. The standard InChI is InChI=1S/C19H16N2O2/c1-19-12-8-4-2-6-10(12)14(11-7-3-5-9-13(11)19)15-16(19)18(23)21-20-17(15)22/h2-9,14-16H,1H3,(H,20,22)(H,21,23)/t14?,15-,16+,19?/m0/s1. The van der Waals surface area contributed by atoms with E-state index in [-0.39, 0.29) is 29.6 Å². The van der Waals surface area contributed by atoms with Gasteiger partial charge in [0.1, 0.15) is 0 Å². The Labute approximate surface area is 133 Å². The maximum absolute atomic E-state index is 12.7. The van der Waals surface area contributed by atoms with Crippen LogP contribution in [0.4, 0.5) is 0 Å². The number of benzene rings is 2. The van der Waals surface area contributed by atoms with E-state index in [0.717, 1.165) is 0 Å². The van der Waals surface area contributed by atoms with Crippen molar-refractivity contribution in [3.05, 3.63) is 70.8 Å². The minimum absolute atomic E-state index is 0.0553. The van der Waals surface area contributed by atoms with Crippen molar-refractivity contribution in [1.82, 2.24) is 10.9 Å². The predicted molar refractivity (Wildman–Crippen MR) is 84.4 cm³/mol. The van der Waals surface area contributed by atoms with Crippen molar-refractivity contribution in [2.45, 2.75) is 18.3 Å². The summed E-state index contributed by atoms with van der Waals surface area (Å²) in [6.07, 6.45) is 0. The summed E-state index contributed by atoms with van der Waals surface area (Å²) in [6, 6.07) is 16.5. The zero-order valence-electron chi connectivity index (χ0n) is 12.7. The van der Waals surface area contributed by atoms with Crippen LogP contribution in [0.3, 0.4) is 0 Å². The number of rotatable bonds is 0. The molecule has 0 spiro atoms. The van der Waals surface area contributed by atoms with E-state index in [1.807, 2.05) is 24.3 Å². The fraction of sp³-hybridized carbons (Fsp3) is 0.263. The second kappa shape index (κ2) is 4.02. The molecule has 1 aliphatic heterocycles. The van der Waals surface area contributed by atoms with Gasteiger partial charge in [0, 0.05) is 11.3 Å². The van der Waals surface area contributed by atoms with Gasteiger partial charge >= 0.3 is 0 Å². The molecule has 0 aromatic heterocycles. The van der Waals surface area contributed by atoms with Crippen LogP contribution in [0.25, 0.3) is 0 Å². The lowest BCUT2D eigenvalue weighted by atomic mass is 9.47. The first-order valence-electron chi connectivity index (χ1n) is 7.92. The van der Waals surface area contributed by atoms with Crippen molar-refractivity contribution in [2.75, 3.05) is 0 Å². The highest BCUT2D eigenvalue weighted by atomic mass is 16.2. The van der Waals surface area contributed by atoms with Gasteiger partial charge < -0.3 is 0 Å². The quantitative estimate of drug-likeness (QED) is 0.780. The molecule has 3 aliphatic carbocycles. The van der Waals surface area contributed by atoms with Gasteiger partial charge in [-0.15, -0.1) is 0 Å². The number of hydrazine groups is 1. The Morgan fingerprint density at radius 2 is 1.35 bits per heavy atom. The Hall–Kier alpha value is -2.62. The summed E-state index contributed by atoms with van der Waals surface area (Å²) in [5, 5.41) is 0. The average molecular weight is 304 g/mol. The van der Waals surface area contributed by atoms with E-state index in [9.17, 15) is 9.59 Å². The van der Waals surface area contributed by atoms with Crippen molar-refractivity contribution in [1.29, 1.82) is 0 Å². The third-order valence-corrected chi connectivity index (χ3v) is 5.95. The van der Waals surface area contributed by atoms with E-state index in [4.69, 9.17) is 0 Å². The first-order chi connectivity index (χ1) is 11.1. The van der Waals surface area contributed by atoms with Gasteiger partial charge in [0.25, 0.3) is 0 Å². The Morgan fingerprint density at radius 3 is 1.96 bits per heavy atom. The van der Waals surface area contributed by atoms with Crippen LogP contribution in [0.5, 0.6) is 0 Å². The van der Waals surface area contributed by atoms with Crippen LogP contribution in [-0.4, -0.2) is 11.8 Å². The molecule has 2 bridgehead atoms. The summed E-state index contributed by atoms with van der Waals surface area (Å²) >= 11 is 0. The maximum atomic E-state index is 12.7. The van der Waals surface area contributed by atoms with Crippen LogP contribution < -0.4 is 10.9 Å². The SMILES string of the molecule is CC12c3ccccc3C(c3ccccc31)[C@@H]1C(=O)NNC(=O)[C@@H]12. The molecule has 1 saturated heterocycles. The van der Waals surface area contributed by atoms with Crippen LogP contribution in [-0.2, 0) is 15.0 Å². The van der Waals surface area contributed by atoms with Gasteiger partial charge in [-0.1, -0.05) is 55.5 Å². The molecule has 6 rings (SSSR count). The Bertz CT molecular complexity index is 826. The van der Waals surface area contributed by atoms with Crippen molar-refractivity contribution in [3.63, 3.8) is 0 Å². The lowest BCUT2D eigenvalue weighted by Gasteiger charge is -2.56. The Balaban J connectivity index is 1.92. The number of carbonyl (C=O) groups excluding carboxylic acids is 2. The first kappa shape index (κ1) is 12.9. The van der Waals surface area contributed by atoms with Gasteiger partial charge in [-0.25, -0.2) is 0 Å². The van der Waals surface area contributed by atoms with E-state index < -0.39 is 5.41 Å². The van der Waals surface area contributed by atoms with Crippen LogP contribution >= 0.6 is 0 Å². The molecule has 114 valence electrons. The van der Waals surface area contributed by atoms with Crippen LogP contribution in [0, 0.1) is 11.8 Å². The fourth-order valence-electron chi connectivity index (χ4n) is 5.08. The molecule has 4 nitrogen and oxygen atoms in total. The highest BCUT2D eigenvalue weighted by Gasteiger charge is 2.62. The normalized spacial score (nSPS) is 33.2. The van der Waals surface area contributed by atoms with E-state index in [2.05, 4.69) is 42.0 Å². The molecule has 0 saturated carbocycles. The maximum Gasteiger partial charge on any atom is 0.243 e. The molecule has 23 heavy (non-hydrogen) atoms. The Kier molecular flexibility index (Phi) is 2.25. The van der Waals surface area contributed by atoms with Gasteiger partial charge in [-0.05, 0) is 22.3 Å². The predicted octanol–water partition coefficient (Wildman–Crippen LogP) is 1.84. The average Bonchev–Trinajstić information content (AvgIpc) is 2.58. The van der Waals surface area contributed by atoms with Crippen LogP contribution in [0.2, 0.25) is 0 Å². The number of carbonyl (C=O) groups is 2. The molecule has 0 unspecified atom stereocenters. The molecular formula is C19H16N2O2. The monoisotopic (exact) mass is 304 g/mol. The molecule has 1 fully saturated rings. The summed E-state index contributed by atoms with van der Waals surface area (Å²) in [4.78, 5) is 25.3. The lowest BCUT2D eigenvalue weighted by Crippen LogP contribution is -2.66. The van der Waals surface area contributed by atoms with E-state index in [1.165, 1.54) is 22.3 Å². The van der Waals surface area contributed by atoms with Gasteiger partial charge in [0.05, 0.1) is 11.8 Å². The largest absolute Gasteiger partial charge is 0.273 e. The van der Waals surface area contributed by atoms with Crippen LogP contribution in [0.15, 0.2) is 48.5 Å². The molecule has 0 radical (unpaired) electrons. The molecule has 2 amide bonds. The summed E-state index contributed by atoms with van der Waals surface area (Å²) in [7, 11) is 0. The highest BCUT2D eigenvalue weighted by molar-refractivity contribution is 5.97. The lowest BCUT2D eigenvalue weighted by molar-refractivity contribution is -0.147. The first-order valence-corrected chi connectivity index (χ1v) is 7.92. The zero-order valence-corrected chi connectivity index (χ0v) is 12.7. The molecule has 4 heteroatoms. The number of hydrogen-bond donors (Lipinski definition) is 2. The molecule has 2 aromatic rings. The molecule has 2 N–H and O–H groups in total. The molecular weight excluding hydrogens is 288 g/mol. The summed E-state index contributed by atoms with van der Waals surface area (Å²) in [5.74, 6) is -0.953. The third-order valence-electron chi connectivity index (χ3n) is 5.95. The summed E-state index contributed by atoms with van der Waals surface area (Å²) in [5.41, 5.74) is 9.35. The minimum atomic E-state index is -0.478. The third kappa shape index (κ3) is 1.33. The second-order valence-corrected chi connectivity index (χ2v) is 6.84. The van der Waals surface area contributed by atoms with E-state index in [1.54, 1.807) is 0 Å². The fourth-order valence-corrected chi connectivity index (χ4v) is 5.08. The molecule has 1 heterocycles. The Morgan fingerprint density at radius 1 is 0.826 bits per heavy atom. The van der Waals surface area contributed by atoms with Crippen LogP contribution in [0.1, 0.15) is 35.1 Å². The van der Waals surface area contributed by atoms with Gasteiger partial charge in [-0.2, -0.15) is 0 Å². The highest BCUT2D eigenvalue weighted by Crippen LogP contribution is 2.61. The molecule has 2 aromatic carbocycles. The van der Waals surface area contributed by atoms with Gasteiger partial charge in [0.15, 0.2) is 0 Å². The molecule has 4 aliphatic rings. The minimum Gasteiger partial charge on any atom is -0.273 e. The summed E-state index contributed by atoms with van der Waals surface area (Å²) in [6.45, 7) is 2.11.